The van der Waals surface area contributed by atoms with Crippen molar-refractivity contribution in [1.82, 2.24) is 0 Å². The maximum Gasteiger partial charge on any atom is 1.00 e. The average Bonchev–Trinajstić information content (AvgIpc) is 1.87. The fraction of sp³-hybridized carbons (Fsp3) is 1.00. The minimum atomic E-state index is -2.13. The third kappa shape index (κ3) is 14.1. The Morgan fingerprint density at radius 3 is 2.09 bits per heavy atom. The molecule has 0 aliphatic heterocycles. The number of halogens is 3. The molecule has 0 bridgehead atoms. The van der Waals surface area contributed by atoms with E-state index in [2.05, 4.69) is 0 Å². The van der Waals surface area contributed by atoms with Gasteiger partial charge in [0.25, 0.3) is 0 Å². The molecule has 0 spiro atoms. The third-order valence-corrected chi connectivity index (χ3v) is 1.57. The normalized spacial score (nSPS) is 9.82. The Morgan fingerprint density at radius 2 is 1.64 bits per heavy atom. The van der Waals surface area contributed by atoms with Gasteiger partial charge in [-0.1, -0.05) is 12.8 Å². The molecular weight excluding hydrogens is 181 g/mol. The topological polar surface area (TPSA) is 0 Å². The van der Waals surface area contributed by atoms with E-state index in [9.17, 15) is 8.78 Å². The molecule has 0 fully saturated rings. The number of rotatable bonds is 6. The molecule has 0 aromatic heterocycles. The Kier molecular flexibility index (Phi) is 14.9. The standard InChI is InChI=1S/C7H13ClF2.Na.H/c8-6-4-2-1-3-5-7(9)10;;/h7H,1-6H2;;/q;+1;-1. The maximum absolute atomic E-state index is 11.5. The monoisotopic (exact) mass is 194 g/mol. The van der Waals surface area contributed by atoms with Gasteiger partial charge in [-0.3, -0.25) is 0 Å². The number of hydrogen-bond acceptors (Lipinski definition) is 0. The first-order valence-corrected chi connectivity index (χ1v) is 4.15. The van der Waals surface area contributed by atoms with Crippen molar-refractivity contribution in [1.29, 1.82) is 0 Å². The molecule has 4 heteroatoms. The Bertz CT molecular complexity index is 76.4. The summed E-state index contributed by atoms with van der Waals surface area (Å²) in [7, 11) is 0. The second-order valence-electron chi connectivity index (χ2n) is 2.28. The van der Waals surface area contributed by atoms with E-state index < -0.39 is 6.43 Å². The summed E-state index contributed by atoms with van der Waals surface area (Å²) in [6.45, 7) is 0. The van der Waals surface area contributed by atoms with E-state index in [1.165, 1.54) is 0 Å². The molecule has 0 saturated heterocycles. The molecule has 0 aromatic rings. The maximum atomic E-state index is 11.5. The van der Waals surface area contributed by atoms with Crippen LogP contribution in [0.3, 0.4) is 0 Å². The van der Waals surface area contributed by atoms with Crippen molar-refractivity contribution in [3.63, 3.8) is 0 Å². The second-order valence-corrected chi connectivity index (χ2v) is 2.66. The van der Waals surface area contributed by atoms with Crippen LogP contribution in [0.2, 0.25) is 0 Å². The van der Waals surface area contributed by atoms with E-state index in [0.717, 1.165) is 19.3 Å². The first-order chi connectivity index (χ1) is 4.77. The molecule has 0 atom stereocenters. The van der Waals surface area contributed by atoms with Crippen LogP contribution in [0.4, 0.5) is 8.78 Å². The molecule has 11 heavy (non-hydrogen) atoms. The number of hydrogen-bond donors (Lipinski definition) is 0. The van der Waals surface area contributed by atoms with Crippen LogP contribution in [0, 0.1) is 0 Å². The SMILES string of the molecule is FC(F)CCCCCCCl.[H-].[Na+]. The zero-order chi connectivity index (χ0) is 7.82. The van der Waals surface area contributed by atoms with Gasteiger partial charge in [0.2, 0.25) is 6.43 Å². The summed E-state index contributed by atoms with van der Waals surface area (Å²) in [5.74, 6) is 0.647. The van der Waals surface area contributed by atoms with Gasteiger partial charge < -0.3 is 1.43 Å². The summed E-state index contributed by atoms with van der Waals surface area (Å²) in [5, 5.41) is 0. The summed E-state index contributed by atoms with van der Waals surface area (Å²) >= 11 is 5.39. The summed E-state index contributed by atoms with van der Waals surface area (Å²) in [4.78, 5) is 0. The smallest absolute Gasteiger partial charge is 1.00 e. The summed E-state index contributed by atoms with van der Waals surface area (Å²) in [6, 6.07) is 0. The first-order valence-electron chi connectivity index (χ1n) is 3.61. The van der Waals surface area contributed by atoms with Gasteiger partial charge in [-0.05, 0) is 12.8 Å². The van der Waals surface area contributed by atoms with Crippen LogP contribution in [0.25, 0.3) is 0 Å². The molecule has 0 aliphatic carbocycles. The average molecular weight is 195 g/mol. The Balaban J connectivity index is -0.000000405. The minimum Gasteiger partial charge on any atom is -1.00 e. The van der Waals surface area contributed by atoms with Crippen LogP contribution in [-0.2, 0) is 0 Å². The second kappa shape index (κ2) is 11.2. The van der Waals surface area contributed by atoms with E-state index >= 15 is 0 Å². The Hall–Kier alpha value is 1.15. The molecule has 0 heterocycles. The van der Waals surface area contributed by atoms with Gasteiger partial charge in [0, 0.05) is 12.3 Å². The fourth-order valence-electron chi connectivity index (χ4n) is 0.747. The molecule has 0 radical (unpaired) electrons. The van der Waals surface area contributed by atoms with Gasteiger partial charge in [-0.2, -0.15) is 0 Å². The van der Waals surface area contributed by atoms with E-state index in [-0.39, 0.29) is 37.4 Å². The van der Waals surface area contributed by atoms with Crippen LogP contribution in [0.5, 0.6) is 0 Å². The molecule has 0 saturated carbocycles. The van der Waals surface area contributed by atoms with E-state index in [1.54, 1.807) is 0 Å². The summed E-state index contributed by atoms with van der Waals surface area (Å²) < 4.78 is 23.0. The van der Waals surface area contributed by atoms with Crippen molar-refractivity contribution in [2.75, 3.05) is 5.88 Å². The summed E-state index contributed by atoms with van der Waals surface area (Å²) in [5.41, 5.74) is 0. The van der Waals surface area contributed by atoms with E-state index in [0.29, 0.717) is 12.3 Å². The van der Waals surface area contributed by atoms with Crippen LogP contribution in [0.15, 0.2) is 0 Å². The number of alkyl halides is 3. The van der Waals surface area contributed by atoms with Crippen molar-refractivity contribution in [3.05, 3.63) is 0 Å². The predicted molar refractivity (Wildman–Crippen MR) is 40.9 cm³/mol. The molecular formula is C7H14ClF2Na. The van der Waals surface area contributed by atoms with Crippen LogP contribution in [0.1, 0.15) is 33.5 Å². The first kappa shape index (κ1) is 14.7. The Morgan fingerprint density at radius 1 is 1.09 bits per heavy atom. The van der Waals surface area contributed by atoms with Gasteiger partial charge in [-0.25, -0.2) is 8.78 Å². The van der Waals surface area contributed by atoms with Gasteiger partial charge >= 0.3 is 29.6 Å². The zero-order valence-corrected chi connectivity index (χ0v) is 9.71. The molecule has 0 rings (SSSR count). The zero-order valence-electron chi connectivity index (χ0n) is 7.95. The molecule has 64 valence electrons. The van der Waals surface area contributed by atoms with Gasteiger partial charge in [0.15, 0.2) is 0 Å². The molecule has 0 aromatic carbocycles. The molecule has 0 amide bonds. The van der Waals surface area contributed by atoms with Crippen LogP contribution < -0.4 is 29.6 Å². The largest absolute Gasteiger partial charge is 1.00 e. The van der Waals surface area contributed by atoms with Crippen molar-refractivity contribution in [3.8, 4) is 0 Å². The van der Waals surface area contributed by atoms with Crippen molar-refractivity contribution < 1.29 is 39.8 Å². The van der Waals surface area contributed by atoms with Crippen LogP contribution >= 0.6 is 11.6 Å². The van der Waals surface area contributed by atoms with E-state index in [4.69, 9.17) is 11.6 Å². The fourth-order valence-corrected chi connectivity index (χ4v) is 0.936. The molecule has 0 nitrogen and oxygen atoms in total. The van der Waals surface area contributed by atoms with Crippen molar-refractivity contribution in [2.45, 2.75) is 38.5 Å². The van der Waals surface area contributed by atoms with E-state index in [1.807, 2.05) is 0 Å². The van der Waals surface area contributed by atoms with Crippen molar-refractivity contribution in [2.24, 2.45) is 0 Å². The van der Waals surface area contributed by atoms with Crippen molar-refractivity contribution >= 4 is 11.6 Å². The minimum absolute atomic E-state index is 0. The molecule has 0 aliphatic rings. The van der Waals surface area contributed by atoms with Crippen LogP contribution in [-0.4, -0.2) is 12.3 Å². The Labute approximate surface area is 95.5 Å². The number of unbranched alkanes of at least 4 members (excludes halogenated alkanes) is 3. The molecule has 0 unspecified atom stereocenters. The van der Waals surface area contributed by atoms with Gasteiger partial charge in [-0.15, -0.1) is 11.6 Å². The quantitative estimate of drug-likeness (QED) is 0.329. The molecule has 0 N–H and O–H groups in total. The predicted octanol–water partition coefficient (Wildman–Crippen LogP) is 0.557. The van der Waals surface area contributed by atoms with Gasteiger partial charge in [0.1, 0.15) is 0 Å². The summed E-state index contributed by atoms with van der Waals surface area (Å²) in [6.07, 6.45) is 1.37. The van der Waals surface area contributed by atoms with Gasteiger partial charge in [0.05, 0.1) is 0 Å². The third-order valence-electron chi connectivity index (χ3n) is 1.31.